The zero-order valence-electron chi connectivity index (χ0n) is 12.1. The number of aromatic carboxylic acids is 1. The third-order valence-electron chi connectivity index (χ3n) is 3.42. The van der Waals surface area contributed by atoms with Crippen molar-refractivity contribution in [2.24, 2.45) is 0 Å². The summed E-state index contributed by atoms with van der Waals surface area (Å²) in [5.41, 5.74) is 1.74. The molecule has 0 aromatic heterocycles. The van der Waals surface area contributed by atoms with Gasteiger partial charge in [0.1, 0.15) is 0 Å². The van der Waals surface area contributed by atoms with Gasteiger partial charge in [0, 0.05) is 0 Å². The van der Waals surface area contributed by atoms with E-state index in [1.54, 1.807) is 6.07 Å². The summed E-state index contributed by atoms with van der Waals surface area (Å²) in [6, 6.07) is 13.9. The molecule has 0 aliphatic heterocycles. The van der Waals surface area contributed by atoms with Gasteiger partial charge in [-0.25, -0.2) is 17.9 Å². The van der Waals surface area contributed by atoms with Crippen LogP contribution in [0.5, 0.6) is 0 Å². The number of carboxylic acid groups (broad SMARTS) is 1. The van der Waals surface area contributed by atoms with E-state index in [-0.39, 0.29) is 10.5 Å². The molecular formula is C16H17NO4S. The van der Waals surface area contributed by atoms with Crippen LogP contribution in [-0.2, 0) is 22.9 Å². The lowest BCUT2D eigenvalue weighted by atomic mass is 10.00. The monoisotopic (exact) mass is 319 g/mol. The summed E-state index contributed by atoms with van der Waals surface area (Å²) < 4.78 is 25.7. The van der Waals surface area contributed by atoms with E-state index >= 15 is 0 Å². The van der Waals surface area contributed by atoms with Crippen LogP contribution in [-0.4, -0.2) is 26.5 Å². The molecule has 6 heteroatoms. The third-order valence-corrected chi connectivity index (χ3v) is 4.83. The Morgan fingerprint density at radius 1 is 1.09 bits per heavy atom. The molecule has 0 heterocycles. The Hall–Kier alpha value is -2.18. The normalized spacial score (nSPS) is 11.3. The molecule has 0 spiro atoms. The lowest BCUT2D eigenvalue weighted by Gasteiger charge is -2.09. The largest absolute Gasteiger partial charge is 0.478 e. The van der Waals surface area contributed by atoms with Gasteiger partial charge in [0.2, 0.25) is 10.0 Å². The zero-order valence-corrected chi connectivity index (χ0v) is 12.9. The molecule has 0 saturated heterocycles. The number of nitrogens with one attached hydrogen (secondary N) is 1. The number of carbonyl (C=O) groups is 1. The molecule has 2 rings (SSSR count). The number of benzene rings is 2. The number of sulfonamides is 1. The van der Waals surface area contributed by atoms with Crippen LogP contribution in [0.25, 0.3) is 0 Å². The molecule has 0 unspecified atom stereocenters. The van der Waals surface area contributed by atoms with Crippen LogP contribution >= 0.6 is 0 Å². The third kappa shape index (κ3) is 3.72. The number of aryl methyl sites for hydroxylation is 2. The Balaban J connectivity index is 2.30. The standard InChI is InChI=1S/C16H17NO4S/c1-17-22(20,21)14-10-9-13(15(11-14)16(18)19)8-7-12-5-3-2-4-6-12/h2-6,9-11,17H,7-8H2,1H3,(H,18,19). The minimum absolute atomic E-state index is 0.0206. The molecule has 2 aromatic rings. The number of rotatable bonds is 6. The molecular weight excluding hydrogens is 302 g/mol. The van der Waals surface area contributed by atoms with E-state index in [2.05, 4.69) is 4.72 Å². The van der Waals surface area contributed by atoms with Crippen LogP contribution in [0.1, 0.15) is 21.5 Å². The molecule has 2 aromatic carbocycles. The lowest BCUT2D eigenvalue weighted by molar-refractivity contribution is 0.0695. The van der Waals surface area contributed by atoms with Gasteiger partial charge in [-0.15, -0.1) is 0 Å². The smallest absolute Gasteiger partial charge is 0.336 e. The molecule has 0 saturated carbocycles. The molecule has 0 aliphatic carbocycles. The van der Waals surface area contributed by atoms with E-state index < -0.39 is 16.0 Å². The van der Waals surface area contributed by atoms with E-state index in [0.29, 0.717) is 18.4 Å². The summed E-state index contributed by atoms with van der Waals surface area (Å²) in [7, 11) is -2.36. The molecule has 0 aliphatic rings. The quantitative estimate of drug-likeness (QED) is 0.854. The lowest BCUT2D eigenvalue weighted by Crippen LogP contribution is -2.19. The molecule has 116 valence electrons. The van der Waals surface area contributed by atoms with Crippen LogP contribution in [0.3, 0.4) is 0 Å². The summed E-state index contributed by atoms with van der Waals surface area (Å²) in [6.07, 6.45) is 1.23. The van der Waals surface area contributed by atoms with Crippen molar-refractivity contribution in [3.05, 3.63) is 65.2 Å². The average Bonchev–Trinajstić information content (AvgIpc) is 2.53. The van der Waals surface area contributed by atoms with Gasteiger partial charge in [0.05, 0.1) is 10.5 Å². The van der Waals surface area contributed by atoms with Gasteiger partial charge in [-0.3, -0.25) is 0 Å². The van der Waals surface area contributed by atoms with Crippen molar-refractivity contribution >= 4 is 16.0 Å². The van der Waals surface area contributed by atoms with Gasteiger partial charge >= 0.3 is 5.97 Å². The first-order chi connectivity index (χ1) is 10.4. The molecule has 5 nitrogen and oxygen atoms in total. The second-order valence-electron chi connectivity index (χ2n) is 4.82. The van der Waals surface area contributed by atoms with Crippen molar-refractivity contribution in [1.29, 1.82) is 0 Å². The van der Waals surface area contributed by atoms with Gasteiger partial charge in [0.25, 0.3) is 0 Å². The highest BCUT2D eigenvalue weighted by atomic mass is 32.2. The van der Waals surface area contributed by atoms with Gasteiger partial charge in [-0.2, -0.15) is 0 Å². The van der Waals surface area contributed by atoms with Gasteiger partial charge in [0.15, 0.2) is 0 Å². The molecule has 0 amide bonds. The molecule has 0 atom stereocenters. The van der Waals surface area contributed by atoms with Crippen LogP contribution in [0.15, 0.2) is 53.4 Å². The predicted molar refractivity (Wildman–Crippen MR) is 83.5 cm³/mol. The zero-order chi connectivity index (χ0) is 16.2. The van der Waals surface area contributed by atoms with Gasteiger partial charge in [-0.05, 0) is 43.1 Å². The summed E-state index contributed by atoms with van der Waals surface area (Å²) >= 11 is 0. The molecule has 0 bridgehead atoms. The van der Waals surface area contributed by atoms with Crippen molar-refractivity contribution < 1.29 is 18.3 Å². The van der Waals surface area contributed by atoms with E-state index in [4.69, 9.17) is 0 Å². The van der Waals surface area contributed by atoms with E-state index in [0.717, 1.165) is 5.56 Å². The minimum atomic E-state index is -3.65. The maximum absolute atomic E-state index is 11.8. The minimum Gasteiger partial charge on any atom is -0.478 e. The van der Waals surface area contributed by atoms with Gasteiger partial charge < -0.3 is 5.11 Å². The van der Waals surface area contributed by atoms with E-state index in [9.17, 15) is 18.3 Å². The first-order valence-electron chi connectivity index (χ1n) is 6.78. The molecule has 22 heavy (non-hydrogen) atoms. The Kier molecular flexibility index (Phi) is 4.95. The SMILES string of the molecule is CNS(=O)(=O)c1ccc(CCc2ccccc2)c(C(=O)O)c1. The van der Waals surface area contributed by atoms with E-state index in [1.807, 2.05) is 30.3 Å². The van der Waals surface area contributed by atoms with Crippen LogP contribution in [0.4, 0.5) is 0 Å². The maximum Gasteiger partial charge on any atom is 0.336 e. The predicted octanol–water partition coefficient (Wildman–Crippen LogP) is 2.08. The number of hydrogen-bond acceptors (Lipinski definition) is 3. The maximum atomic E-state index is 11.8. The molecule has 2 N–H and O–H groups in total. The summed E-state index contributed by atoms with van der Waals surface area (Å²) in [4.78, 5) is 11.3. The second kappa shape index (κ2) is 6.72. The van der Waals surface area contributed by atoms with Crippen molar-refractivity contribution in [2.45, 2.75) is 17.7 Å². The second-order valence-corrected chi connectivity index (χ2v) is 6.70. The Morgan fingerprint density at radius 3 is 2.36 bits per heavy atom. The summed E-state index contributed by atoms with van der Waals surface area (Å²) in [6.45, 7) is 0. The Bertz CT molecular complexity index is 770. The van der Waals surface area contributed by atoms with Crippen molar-refractivity contribution in [3.63, 3.8) is 0 Å². The van der Waals surface area contributed by atoms with Crippen molar-refractivity contribution in [3.8, 4) is 0 Å². The van der Waals surface area contributed by atoms with Crippen molar-refractivity contribution in [1.82, 2.24) is 4.72 Å². The first-order valence-corrected chi connectivity index (χ1v) is 8.26. The van der Waals surface area contributed by atoms with Crippen LogP contribution < -0.4 is 4.72 Å². The molecule has 0 radical (unpaired) electrons. The van der Waals surface area contributed by atoms with Gasteiger partial charge in [-0.1, -0.05) is 36.4 Å². The Labute approximate surface area is 129 Å². The highest BCUT2D eigenvalue weighted by molar-refractivity contribution is 7.89. The number of carboxylic acids is 1. The van der Waals surface area contributed by atoms with Crippen molar-refractivity contribution in [2.75, 3.05) is 7.05 Å². The fourth-order valence-electron chi connectivity index (χ4n) is 2.18. The fraction of sp³-hybridized carbons (Fsp3) is 0.188. The Morgan fingerprint density at radius 2 is 1.77 bits per heavy atom. The van der Waals surface area contributed by atoms with Crippen LogP contribution in [0.2, 0.25) is 0 Å². The topological polar surface area (TPSA) is 83.5 Å². The molecule has 0 fully saturated rings. The fourth-order valence-corrected chi connectivity index (χ4v) is 2.94. The van der Waals surface area contributed by atoms with E-state index in [1.165, 1.54) is 19.2 Å². The number of hydrogen-bond donors (Lipinski definition) is 2. The first kappa shape index (κ1) is 16.2. The highest BCUT2D eigenvalue weighted by Gasteiger charge is 2.17. The summed E-state index contributed by atoms with van der Waals surface area (Å²) in [5, 5.41) is 9.31. The average molecular weight is 319 g/mol. The summed E-state index contributed by atoms with van der Waals surface area (Å²) in [5.74, 6) is -1.13. The van der Waals surface area contributed by atoms with Crippen LogP contribution in [0, 0.1) is 0 Å². The highest BCUT2D eigenvalue weighted by Crippen LogP contribution is 2.18.